The van der Waals surface area contributed by atoms with Gasteiger partial charge >= 0.3 is 0 Å². The average Bonchev–Trinajstić information content (AvgIpc) is 2.69. The number of anilines is 1. The first kappa shape index (κ1) is 10.5. The number of rotatable bonds is 2. The number of ether oxygens (including phenoxy) is 2. The molecule has 0 fully saturated rings. The zero-order chi connectivity index (χ0) is 11.7. The number of hydrogen-bond donors (Lipinski definition) is 1. The number of aldehydes is 1. The SMILES string of the molecule is CC(=O)Nc1c(C=O)cc2c(c1C)OCO2. The Hall–Kier alpha value is -2.04. The summed E-state index contributed by atoms with van der Waals surface area (Å²) in [5, 5.41) is 2.62. The van der Waals surface area contributed by atoms with Crippen LogP contribution in [-0.2, 0) is 4.79 Å². The molecule has 1 aliphatic heterocycles. The van der Waals surface area contributed by atoms with Gasteiger partial charge in [0.2, 0.25) is 12.7 Å². The quantitative estimate of drug-likeness (QED) is 0.768. The zero-order valence-electron chi connectivity index (χ0n) is 8.99. The second kappa shape index (κ2) is 3.84. The minimum Gasteiger partial charge on any atom is -0.454 e. The molecule has 1 aromatic carbocycles. The molecule has 5 nitrogen and oxygen atoms in total. The first-order chi connectivity index (χ1) is 7.63. The highest BCUT2D eigenvalue weighted by Crippen LogP contribution is 2.40. The van der Waals surface area contributed by atoms with Crippen molar-refractivity contribution in [3.8, 4) is 11.5 Å². The standard InChI is InChI=1S/C11H11NO4/c1-6-10(12-7(2)14)8(4-13)3-9-11(6)16-5-15-9/h3-4H,5H2,1-2H3,(H,12,14). The van der Waals surface area contributed by atoms with Gasteiger partial charge in [0.05, 0.1) is 5.69 Å². The molecule has 0 unspecified atom stereocenters. The van der Waals surface area contributed by atoms with Gasteiger partial charge in [0.1, 0.15) is 0 Å². The first-order valence-corrected chi connectivity index (χ1v) is 4.79. The van der Waals surface area contributed by atoms with Gasteiger partial charge in [0, 0.05) is 18.1 Å². The van der Waals surface area contributed by atoms with E-state index < -0.39 is 0 Å². The maximum atomic E-state index is 11.0. The minimum absolute atomic E-state index is 0.137. The van der Waals surface area contributed by atoms with Crippen LogP contribution < -0.4 is 14.8 Å². The molecule has 0 saturated heterocycles. The Kier molecular flexibility index (Phi) is 2.52. The van der Waals surface area contributed by atoms with Crippen LogP contribution in [0.2, 0.25) is 0 Å². The Morgan fingerprint density at radius 2 is 2.25 bits per heavy atom. The van der Waals surface area contributed by atoms with Crippen LogP contribution in [0.1, 0.15) is 22.8 Å². The van der Waals surface area contributed by atoms with Gasteiger partial charge < -0.3 is 14.8 Å². The summed E-state index contributed by atoms with van der Waals surface area (Å²) < 4.78 is 10.4. The number of carbonyl (C=O) groups excluding carboxylic acids is 2. The summed E-state index contributed by atoms with van der Waals surface area (Å²) in [7, 11) is 0. The van der Waals surface area contributed by atoms with Crippen molar-refractivity contribution in [2.24, 2.45) is 0 Å². The zero-order valence-corrected chi connectivity index (χ0v) is 8.99. The molecular formula is C11H11NO4. The molecule has 1 aliphatic rings. The normalized spacial score (nSPS) is 12.4. The number of nitrogens with one attached hydrogen (secondary N) is 1. The summed E-state index contributed by atoms with van der Waals surface area (Å²) >= 11 is 0. The molecule has 16 heavy (non-hydrogen) atoms. The highest BCUT2D eigenvalue weighted by Gasteiger charge is 2.21. The Balaban J connectivity index is 2.57. The first-order valence-electron chi connectivity index (χ1n) is 4.79. The average molecular weight is 221 g/mol. The van der Waals surface area contributed by atoms with Crippen molar-refractivity contribution in [1.29, 1.82) is 0 Å². The highest BCUT2D eigenvalue weighted by atomic mass is 16.7. The highest BCUT2D eigenvalue weighted by molar-refractivity contribution is 5.97. The Morgan fingerprint density at radius 3 is 2.88 bits per heavy atom. The molecule has 0 spiro atoms. The lowest BCUT2D eigenvalue weighted by atomic mass is 10.1. The van der Waals surface area contributed by atoms with E-state index in [0.717, 1.165) is 0 Å². The van der Waals surface area contributed by atoms with E-state index in [9.17, 15) is 9.59 Å². The lowest BCUT2D eigenvalue weighted by molar-refractivity contribution is -0.114. The van der Waals surface area contributed by atoms with Gasteiger partial charge in [0.25, 0.3) is 0 Å². The molecule has 84 valence electrons. The Labute approximate surface area is 92.4 Å². The molecule has 0 aromatic heterocycles. The number of fused-ring (bicyclic) bond motifs is 1. The summed E-state index contributed by atoms with van der Waals surface area (Å²) in [6.45, 7) is 3.29. The third-order valence-electron chi connectivity index (χ3n) is 2.36. The van der Waals surface area contributed by atoms with E-state index in [4.69, 9.17) is 9.47 Å². The van der Waals surface area contributed by atoms with E-state index in [-0.39, 0.29) is 12.7 Å². The van der Waals surface area contributed by atoms with Crippen LogP contribution >= 0.6 is 0 Å². The van der Waals surface area contributed by atoms with Crippen LogP contribution in [0.5, 0.6) is 11.5 Å². The van der Waals surface area contributed by atoms with Crippen molar-refractivity contribution in [1.82, 2.24) is 0 Å². The van der Waals surface area contributed by atoms with Gasteiger partial charge in [-0.2, -0.15) is 0 Å². The molecule has 0 aliphatic carbocycles. The minimum atomic E-state index is -0.231. The molecule has 0 atom stereocenters. The summed E-state index contributed by atoms with van der Waals surface area (Å²) in [5.74, 6) is 0.883. The topological polar surface area (TPSA) is 64.6 Å². The predicted octanol–water partition coefficient (Wildman–Crippen LogP) is 1.49. The van der Waals surface area contributed by atoms with E-state index in [0.29, 0.717) is 34.6 Å². The van der Waals surface area contributed by atoms with Crippen molar-refractivity contribution in [3.05, 3.63) is 17.2 Å². The smallest absolute Gasteiger partial charge is 0.231 e. The maximum Gasteiger partial charge on any atom is 0.231 e. The van der Waals surface area contributed by atoms with Crippen LogP contribution in [0, 0.1) is 6.92 Å². The third-order valence-corrected chi connectivity index (χ3v) is 2.36. The molecule has 0 radical (unpaired) electrons. The van der Waals surface area contributed by atoms with Gasteiger partial charge in [-0.25, -0.2) is 0 Å². The van der Waals surface area contributed by atoms with Crippen LogP contribution in [0.3, 0.4) is 0 Å². The van der Waals surface area contributed by atoms with E-state index in [1.165, 1.54) is 6.92 Å². The van der Waals surface area contributed by atoms with E-state index in [1.54, 1.807) is 13.0 Å². The molecule has 1 heterocycles. The van der Waals surface area contributed by atoms with Crippen molar-refractivity contribution in [2.45, 2.75) is 13.8 Å². The van der Waals surface area contributed by atoms with E-state index in [1.807, 2.05) is 0 Å². The summed E-state index contributed by atoms with van der Waals surface area (Å²) in [4.78, 5) is 21.9. The molecule has 0 saturated carbocycles. The van der Waals surface area contributed by atoms with E-state index >= 15 is 0 Å². The van der Waals surface area contributed by atoms with Gasteiger partial charge in [-0.3, -0.25) is 9.59 Å². The van der Waals surface area contributed by atoms with Crippen molar-refractivity contribution in [3.63, 3.8) is 0 Å². The molecule has 1 aromatic rings. The number of benzene rings is 1. The fourth-order valence-corrected chi connectivity index (χ4v) is 1.67. The summed E-state index contributed by atoms with van der Waals surface area (Å²) in [5.41, 5.74) is 1.57. The molecule has 5 heteroatoms. The molecule has 1 amide bonds. The van der Waals surface area contributed by atoms with Crippen LogP contribution in [0.25, 0.3) is 0 Å². The van der Waals surface area contributed by atoms with Gasteiger partial charge in [-0.15, -0.1) is 0 Å². The van der Waals surface area contributed by atoms with Crippen LogP contribution in [0.4, 0.5) is 5.69 Å². The number of carbonyl (C=O) groups is 2. The predicted molar refractivity (Wildman–Crippen MR) is 57.0 cm³/mol. The molecular weight excluding hydrogens is 210 g/mol. The maximum absolute atomic E-state index is 11.0. The second-order valence-electron chi connectivity index (χ2n) is 3.50. The second-order valence-corrected chi connectivity index (χ2v) is 3.50. The number of hydrogen-bond acceptors (Lipinski definition) is 4. The van der Waals surface area contributed by atoms with Crippen molar-refractivity contribution < 1.29 is 19.1 Å². The lowest BCUT2D eigenvalue weighted by Gasteiger charge is -2.11. The third kappa shape index (κ3) is 1.60. The van der Waals surface area contributed by atoms with Crippen LogP contribution in [0.15, 0.2) is 6.07 Å². The van der Waals surface area contributed by atoms with E-state index in [2.05, 4.69) is 5.32 Å². The monoisotopic (exact) mass is 221 g/mol. The summed E-state index contributed by atoms with van der Waals surface area (Å²) in [6, 6.07) is 1.56. The van der Waals surface area contributed by atoms with Gasteiger partial charge in [0.15, 0.2) is 17.8 Å². The van der Waals surface area contributed by atoms with Gasteiger partial charge in [-0.05, 0) is 13.0 Å². The largest absolute Gasteiger partial charge is 0.454 e. The fourth-order valence-electron chi connectivity index (χ4n) is 1.67. The fraction of sp³-hybridized carbons (Fsp3) is 0.273. The Bertz CT molecular complexity index is 468. The molecule has 2 rings (SSSR count). The number of amides is 1. The molecule has 0 bridgehead atoms. The summed E-state index contributed by atoms with van der Waals surface area (Å²) in [6.07, 6.45) is 0.681. The van der Waals surface area contributed by atoms with Gasteiger partial charge in [-0.1, -0.05) is 0 Å². The van der Waals surface area contributed by atoms with Crippen molar-refractivity contribution in [2.75, 3.05) is 12.1 Å². The Morgan fingerprint density at radius 1 is 1.50 bits per heavy atom. The lowest BCUT2D eigenvalue weighted by Crippen LogP contribution is -2.09. The molecule has 1 N–H and O–H groups in total. The van der Waals surface area contributed by atoms with Crippen LogP contribution in [-0.4, -0.2) is 19.0 Å². The van der Waals surface area contributed by atoms with Crippen molar-refractivity contribution >= 4 is 17.9 Å².